The molecule has 1 atom stereocenters. The summed E-state index contributed by atoms with van der Waals surface area (Å²) in [5.41, 5.74) is 1.51. The van der Waals surface area contributed by atoms with Gasteiger partial charge < -0.3 is 9.80 Å². The zero-order valence-electron chi connectivity index (χ0n) is 15.9. The molecule has 0 bridgehead atoms. The Hall–Kier alpha value is -1.45. The van der Waals surface area contributed by atoms with Crippen LogP contribution in [0.3, 0.4) is 0 Å². The van der Waals surface area contributed by atoms with Gasteiger partial charge in [0.25, 0.3) is 0 Å². The number of anilines is 2. The lowest BCUT2D eigenvalue weighted by molar-refractivity contribution is 0.319. The molecule has 3 rings (SSSR count). The molecule has 0 saturated heterocycles. The van der Waals surface area contributed by atoms with E-state index in [4.69, 9.17) is 5.48 Å². The van der Waals surface area contributed by atoms with Crippen LogP contribution in [0.15, 0.2) is 58.2 Å². The fourth-order valence-corrected chi connectivity index (χ4v) is 3.17. The van der Waals surface area contributed by atoms with Crippen molar-refractivity contribution in [3.8, 4) is 0 Å². The van der Waals surface area contributed by atoms with Gasteiger partial charge in [0.2, 0.25) is 0 Å². The van der Waals surface area contributed by atoms with E-state index in [1.54, 1.807) is 24.3 Å². The molecule has 20 heavy (non-hydrogen) atoms. The summed E-state index contributed by atoms with van der Waals surface area (Å²) in [6.45, 7) is 2.74. The van der Waals surface area contributed by atoms with Crippen molar-refractivity contribution in [1.82, 2.24) is 4.90 Å². The Labute approximate surface area is 131 Å². The lowest BCUT2D eigenvalue weighted by Gasteiger charge is -2.36. The topological polar surface area (TPSA) is 6.48 Å². The molecule has 0 aliphatic carbocycles. The van der Waals surface area contributed by atoms with Gasteiger partial charge in [-0.25, -0.2) is 0 Å². The minimum absolute atomic E-state index is 0.221. The summed E-state index contributed by atoms with van der Waals surface area (Å²) in [6.07, 6.45) is 0. The molecule has 0 spiro atoms. The van der Waals surface area contributed by atoms with Gasteiger partial charge in [-0.1, -0.05) is 36.0 Å². The standard InChI is InChI=1S/C17H20N2S/c1-13(18(2)3)12-19-14-8-4-6-10-16(14)20-17-11-7-5-9-15(17)19/h4-11,13H,12H2,1-3H3/i6D,7D,8D,9D. The SMILES string of the molecule is [2H]c1cc([2H])c2c(c1)Sc1cc([2H])cc([2H])c1N2CC(C)N(C)C. The lowest BCUT2D eigenvalue weighted by Crippen LogP contribution is -2.37. The van der Waals surface area contributed by atoms with Crippen LogP contribution in [0.5, 0.6) is 0 Å². The summed E-state index contributed by atoms with van der Waals surface area (Å²) in [5.74, 6) is 0. The van der Waals surface area contributed by atoms with Crippen molar-refractivity contribution in [3.05, 3.63) is 48.4 Å². The van der Waals surface area contributed by atoms with Crippen LogP contribution in [0.4, 0.5) is 11.4 Å². The van der Waals surface area contributed by atoms with Crippen LogP contribution in [0.25, 0.3) is 0 Å². The Kier molecular flexibility index (Phi) is 2.61. The third-order valence-electron chi connectivity index (χ3n) is 3.57. The van der Waals surface area contributed by atoms with Crippen molar-refractivity contribution in [2.24, 2.45) is 0 Å². The molecular weight excluding hydrogens is 264 g/mol. The highest BCUT2D eigenvalue weighted by molar-refractivity contribution is 7.99. The number of fused-ring (bicyclic) bond motifs is 2. The molecule has 3 heteroatoms. The Morgan fingerprint density at radius 1 is 1.15 bits per heavy atom. The smallest absolute Gasteiger partial charge is 0.0645 e. The molecule has 2 aromatic carbocycles. The maximum absolute atomic E-state index is 8.34. The first-order valence-electron chi connectivity index (χ1n) is 8.62. The van der Waals surface area contributed by atoms with E-state index in [0.717, 1.165) is 21.2 Å². The molecule has 0 N–H and O–H groups in total. The molecule has 1 unspecified atom stereocenters. The summed E-state index contributed by atoms with van der Waals surface area (Å²) in [5, 5.41) is 0. The van der Waals surface area contributed by atoms with Crippen LogP contribution in [-0.2, 0) is 0 Å². The molecule has 0 fully saturated rings. The van der Waals surface area contributed by atoms with Gasteiger partial charge in [-0.3, -0.25) is 0 Å². The molecule has 1 aliphatic rings. The van der Waals surface area contributed by atoms with Crippen molar-refractivity contribution in [3.63, 3.8) is 0 Å². The van der Waals surface area contributed by atoms with Crippen LogP contribution < -0.4 is 4.90 Å². The summed E-state index contributed by atoms with van der Waals surface area (Å²) >= 11 is 1.44. The number of likely N-dealkylation sites (N-methyl/N-ethyl adjacent to an activating group) is 1. The number of nitrogens with zero attached hydrogens (tertiary/aromatic N) is 2. The second-order valence-corrected chi connectivity index (χ2v) is 6.23. The highest BCUT2D eigenvalue weighted by Gasteiger charge is 2.24. The maximum atomic E-state index is 8.34. The second-order valence-electron chi connectivity index (χ2n) is 5.15. The van der Waals surface area contributed by atoms with Gasteiger partial charge in [0, 0.05) is 22.4 Å². The zero-order valence-corrected chi connectivity index (χ0v) is 12.7. The van der Waals surface area contributed by atoms with Crippen LogP contribution >= 0.6 is 11.8 Å². The highest BCUT2D eigenvalue weighted by Crippen LogP contribution is 2.47. The molecule has 0 aromatic heterocycles. The summed E-state index contributed by atoms with van der Waals surface area (Å²) < 4.78 is 32.4. The van der Waals surface area contributed by atoms with Crippen molar-refractivity contribution < 1.29 is 5.48 Å². The predicted molar refractivity (Wildman–Crippen MR) is 87.2 cm³/mol. The average Bonchev–Trinajstić information content (AvgIpc) is 2.44. The molecule has 0 radical (unpaired) electrons. The summed E-state index contributed by atoms with van der Waals surface area (Å²) in [6, 6.07) is 8.04. The van der Waals surface area contributed by atoms with E-state index in [1.165, 1.54) is 11.8 Å². The minimum Gasteiger partial charge on any atom is -0.338 e. The van der Waals surface area contributed by atoms with Crippen LogP contribution in [0.2, 0.25) is 0 Å². The van der Waals surface area contributed by atoms with Gasteiger partial charge in [-0.15, -0.1) is 0 Å². The van der Waals surface area contributed by atoms with E-state index >= 15 is 0 Å². The normalized spacial score (nSPS) is 17.7. The Balaban J connectivity index is 2.19. The van der Waals surface area contributed by atoms with E-state index in [0.29, 0.717) is 30.7 Å². The third kappa shape index (κ3) is 2.43. The molecule has 2 nitrogen and oxygen atoms in total. The van der Waals surface area contributed by atoms with Gasteiger partial charge in [0.1, 0.15) is 0 Å². The summed E-state index contributed by atoms with van der Waals surface area (Å²) in [7, 11) is 4.02. The van der Waals surface area contributed by atoms with E-state index in [1.807, 2.05) is 19.0 Å². The van der Waals surface area contributed by atoms with Crippen LogP contribution in [-0.4, -0.2) is 31.6 Å². The average molecular weight is 288 g/mol. The number of benzene rings is 2. The van der Waals surface area contributed by atoms with Crippen LogP contribution in [0.1, 0.15) is 12.4 Å². The maximum Gasteiger partial charge on any atom is 0.0645 e. The van der Waals surface area contributed by atoms with Crippen LogP contribution in [0, 0.1) is 0 Å². The quantitative estimate of drug-likeness (QED) is 0.834. The molecule has 1 aliphatic heterocycles. The predicted octanol–water partition coefficient (Wildman–Crippen LogP) is 4.24. The van der Waals surface area contributed by atoms with E-state index in [-0.39, 0.29) is 6.04 Å². The van der Waals surface area contributed by atoms with Gasteiger partial charge in [0.15, 0.2) is 0 Å². The van der Waals surface area contributed by atoms with Gasteiger partial charge in [-0.2, -0.15) is 0 Å². The van der Waals surface area contributed by atoms with Crippen molar-refractivity contribution in [2.75, 3.05) is 25.5 Å². The third-order valence-corrected chi connectivity index (χ3v) is 4.63. The fraction of sp³-hybridized carbons (Fsp3) is 0.294. The Morgan fingerprint density at radius 2 is 1.70 bits per heavy atom. The fourth-order valence-electron chi connectivity index (χ4n) is 2.15. The first-order chi connectivity index (χ1) is 11.3. The number of hydrogen-bond donors (Lipinski definition) is 0. The van der Waals surface area contributed by atoms with Gasteiger partial charge in [0.05, 0.1) is 16.9 Å². The Morgan fingerprint density at radius 3 is 2.20 bits per heavy atom. The monoisotopic (exact) mass is 288 g/mol. The van der Waals surface area contributed by atoms with Gasteiger partial charge in [-0.05, 0) is 45.2 Å². The number of hydrogen-bond acceptors (Lipinski definition) is 3. The molecule has 1 heterocycles. The first kappa shape index (κ1) is 9.48. The van der Waals surface area contributed by atoms with E-state index in [9.17, 15) is 0 Å². The number of rotatable bonds is 3. The first-order valence-corrected chi connectivity index (χ1v) is 7.44. The highest BCUT2D eigenvalue weighted by atomic mass is 32.2. The van der Waals surface area contributed by atoms with E-state index < -0.39 is 0 Å². The largest absolute Gasteiger partial charge is 0.338 e. The molecular formula is C17H20N2S. The van der Waals surface area contributed by atoms with Gasteiger partial charge >= 0.3 is 0 Å². The summed E-state index contributed by atoms with van der Waals surface area (Å²) in [4.78, 5) is 5.80. The zero-order chi connectivity index (χ0) is 17.6. The van der Waals surface area contributed by atoms with Crippen molar-refractivity contribution in [1.29, 1.82) is 0 Å². The minimum atomic E-state index is 0.221. The number of para-hydroxylation sites is 2. The van der Waals surface area contributed by atoms with Crippen molar-refractivity contribution >= 4 is 23.1 Å². The molecule has 2 aromatic rings. The van der Waals surface area contributed by atoms with Crippen molar-refractivity contribution in [2.45, 2.75) is 22.8 Å². The molecule has 0 amide bonds. The Bertz CT molecular complexity index is 737. The van der Waals surface area contributed by atoms with E-state index in [2.05, 4.69) is 11.8 Å². The molecule has 0 saturated carbocycles. The lowest BCUT2D eigenvalue weighted by atomic mass is 10.2. The molecule has 104 valence electrons. The second kappa shape index (κ2) is 5.51.